The number of carbonyl (C=O) groups is 2. The van der Waals surface area contributed by atoms with Crippen LogP contribution in [0.2, 0.25) is 0 Å². The Morgan fingerprint density at radius 2 is 1.65 bits per heavy atom. The van der Waals surface area contributed by atoms with E-state index in [9.17, 15) is 9.59 Å². The van der Waals surface area contributed by atoms with Crippen molar-refractivity contribution >= 4 is 22.6 Å². The lowest BCUT2D eigenvalue weighted by Gasteiger charge is -2.37. The highest BCUT2D eigenvalue weighted by molar-refractivity contribution is 6.08. The number of carbonyl (C=O) groups excluding carboxylic acids is 2. The van der Waals surface area contributed by atoms with E-state index in [1.54, 1.807) is 7.11 Å². The molecular weight excluding hydrogens is 388 g/mol. The van der Waals surface area contributed by atoms with Gasteiger partial charge in [0.1, 0.15) is 5.75 Å². The van der Waals surface area contributed by atoms with Gasteiger partial charge >= 0.3 is 0 Å². The molecule has 31 heavy (non-hydrogen) atoms. The van der Waals surface area contributed by atoms with E-state index in [-0.39, 0.29) is 11.8 Å². The third kappa shape index (κ3) is 3.90. The summed E-state index contributed by atoms with van der Waals surface area (Å²) in [5, 5.41) is 1.87. The molecule has 2 aromatic rings. The van der Waals surface area contributed by atoms with E-state index in [0.29, 0.717) is 42.6 Å². The number of fused-ring (bicyclic) bond motifs is 1. The van der Waals surface area contributed by atoms with Crippen LogP contribution in [0.3, 0.4) is 0 Å². The van der Waals surface area contributed by atoms with Crippen LogP contribution in [0.15, 0.2) is 36.4 Å². The Kier molecular flexibility index (Phi) is 5.37. The third-order valence-corrected chi connectivity index (χ3v) is 7.40. The van der Waals surface area contributed by atoms with Crippen molar-refractivity contribution in [2.45, 2.75) is 57.5 Å². The summed E-state index contributed by atoms with van der Waals surface area (Å²) < 4.78 is 5.47. The summed E-state index contributed by atoms with van der Waals surface area (Å²) >= 11 is 0. The summed E-state index contributed by atoms with van der Waals surface area (Å²) in [5.41, 5.74) is 0.711. The zero-order chi connectivity index (χ0) is 21.5. The van der Waals surface area contributed by atoms with Crippen molar-refractivity contribution in [1.29, 1.82) is 0 Å². The molecule has 1 saturated heterocycles. The first-order valence-electron chi connectivity index (χ1n) is 11.8. The maximum absolute atomic E-state index is 13.4. The molecule has 2 aromatic carbocycles. The molecule has 164 valence electrons. The van der Waals surface area contributed by atoms with Crippen LogP contribution in [0.4, 0.5) is 0 Å². The van der Waals surface area contributed by atoms with E-state index >= 15 is 0 Å². The van der Waals surface area contributed by atoms with Crippen LogP contribution in [-0.2, 0) is 4.79 Å². The summed E-state index contributed by atoms with van der Waals surface area (Å²) in [6, 6.07) is 12.5. The summed E-state index contributed by atoms with van der Waals surface area (Å²) in [5.74, 6) is 1.92. The van der Waals surface area contributed by atoms with Gasteiger partial charge in [-0.1, -0.05) is 24.3 Å². The fraction of sp³-hybridized carbons (Fsp3) is 0.538. The van der Waals surface area contributed by atoms with Gasteiger partial charge in [0.05, 0.1) is 7.11 Å². The Labute approximate surface area is 184 Å². The molecule has 2 saturated carbocycles. The molecule has 0 aromatic heterocycles. The van der Waals surface area contributed by atoms with E-state index in [1.807, 2.05) is 41.3 Å². The van der Waals surface area contributed by atoms with Crippen LogP contribution in [0, 0.1) is 11.8 Å². The fourth-order valence-corrected chi connectivity index (χ4v) is 5.22. The van der Waals surface area contributed by atoms with Gasteiger partial charge in [0.2, 0.25) is 5.91 Å². The van der Waals surface area contributed by atoms with Gasteiger partial charge in [0.15, 0.2) is 0 Å². The van der Waals surface area contributed by atoms with Crippen molar-refractivity contribution in [2.75, 3.05) is 20.2 Å². The Balaban J connectivity index is 1.28. The maximum atomic E-state index is 13.4. The number of nitrogens with zero attached hydrogens (tertiary/aromatic N) is 2. The van der Waals surface area contributed by atoms with Gasteiger partial charge in [-0.3, -0.25) is 9.59 Å². The second-order valence-electron chi connectivity index (χ2n) is 9.48. The molecule has 0 N–H and O–H groups in total. The molecule has 1 aliphatic heterocycles. The van der Waals surface area contributed by atoms with Crippen molar-refractivity contribution in [3.8, 4) is 5.75 Å². The number of methoxy groups -OCH3 is 1. The fourth-order valence-electron chi connectivity index (χ4n) is 5.22. The van der Waals surface area contributed by atoms with E-state index in [0.717, 1.165) is 42.2 Å². The second kappa shape index (κ2) is 8.18. The number of hydrogen-bond donors (Lipinski definition) is 0. The van der Waals surface area contributed by atoms with Gasteiger partial charge in [0.25, 0.3) is 5.91 Å². The van der Waals surface area contributed by atoms with Gasteiger partial charge in [-0.05, 0) is 68.9 Å². The smallest absolute Gasteiger partial charge is 0.254 e. The molecule has 2 aliphatic carbocycles. The molecule has 1 heterocycles. The highest BCUT2D eigenvalue weighted by Crippen LogP contribution is 2.41. The van der Waals surface area contributed by atoms with Crippen LogP contribution < -0.4 is 4.74 Å². The summed E-state index contributed by atoms with van der Waals surface area (Å²) in [7, 11) is 1.65. The number of ether oxygens (including phenoxy) is 1. The van der Waals surface area contributed by atoms with Crippen LogP contribution >= 0.6 is 0 Å². The SMILES string of the molecule is COc1ccc(C(=O)N2CCC(C(=O)N(C3CC3)C(C)C3CC3)CC2)c2ccccc12. The van der Waals surface area contributed by atoms with Gasteiger partial charge in [0, 0.05) is 42.0 Å². The monoisotopic (exact) mass is 420 g/mol. The summed E-state index contributed by atoms with van der Waals surface area (Å²) in [6.45, 7) is 3.53. The Hall–Kier alpha value is -2.56. The highest BCUT2D eigenvalue weighted by Gasteiger charge is 2.44. The van der Waals surface area contributed by atoms with Crippen LogP contribution in [-0.4, -0.2) is 53.9 Å². The first kappa shape index (κ1) is 20.3. The van der Waals surface area contributed by atoms with Crippen molar-refractivity contribution in [2.24, 2.45) is 11.8 Å². The lowest BCUT2D eigenvalue weighted by molar-refractivity contribution is -0.140. The first-order chi connectivity index (χ1) is 15.1. The number of benzene rings is 2. The van der Waals surface area contributed by atoms with Gasteiger partial charge in [-0.15, -0.1) is 0 Å². The average Bonchev–Trinajstić information content (AvgIpc) is 3.71. The molecular formula is C26H32N2O3. The molecule has 1 unspecified atom stereocenters. The second-order valence-corrected chi connectivity index (χ2v) is 9.48. The molecule has 0 spiro atoms. The predicted molar refractivity (Wildman–Crippen MR) is 121 cm³/mol. The molecule has 3 fully saturated rings. The minimum absolute atomic E-state index is 0.0511. The zero-order valence-electron chi connectivity index (χ0n) is 18.5. The van der Waals surface area contributed by atoms with Crippen molar-refractivity contribution in [3.05, 3.63) is 42.0 Å². The third-order valence-electron chi connectivity index (χ3n) is 7.40. The van der Waals surface area contributed by atoms with E-state index in [4.69, 9.17) is 4.74 Å². The normalized spacial score (nSPS) is 20.5. The number of likely N-dealkylation sites (tertiary alicyclic amines) is 1. The lowest BCUT2D eigenvalue weighted by atomic mass is 9.93. The lowest BCUT2D eigenvalue weighted by Crippen LogP contribution is -2.48. The topological polar surface area (TPSA) is 49.9 Å². The molecule has 3 aliphatic rings. The van der Waals surface area contributed by atoms with Crippen molar-refractivity contribution < 1.29 is 14.3 Å². The first-order valence-corrected chi connectivity index (χ1v) is 11.8. The Bertz CT molecular complexity index is 987. The van der Waals surface area contributed by atoms with Crippen LogP contribution in [0.25, 0.3) is 10.8 Å². The van der Waals surface area contributed by atoms with Crippen LogP contribution in [0.1, 0.15) is 55.8 Å². The molecule has 5 nitrogen and oxygen atoms in total. The number of piperidine rings is 1. The van der Waals surface area contributed by atoms with Crippen molar-refractivity contribution in [3.63, 3.8) is 0 Å². The van der Waals surface area contributed by atoms with Gasteiger partial charge in [-0.25, -0.2) is 0 Å². The zero-order valence-corrected chi connectivity index (χ0v) is 18.5. The standard InChI is InChI=1S/C26H32N2O3/c1-17(18-7-8-18)28(20-9-10-20)25(29)19-13-15-27(16-14-19)26(30)23-11-12-24(31-2)22-6-4-3-5-21(22)23/h3-6,11-12,17-20H,7-10,13-16H2,1-2H3. The average molecular weight is 421 g/mol. The minimum Gasteiger partial charge on any atom is -0.496 e. The maximum Gasteiger partial charge on any atom is 0.254 e. The molecule has 1 atom stereocenters. The largest absolute Gasteiger partial charge is 0.496 e. The van der Waals surface area contributed by atoms with Gasteiger partial charge in [-0.2, -0.15) is 0 Å². The molecule has 5 rings (SSSR count). The highest BCUT2D eigenvalue weighted by atomic mass is 16.5. The number of amides is 2. The molecule has 2 amide bonds. The quantitative estimate of drug-likeness (QED) is 0.692. The number of hydrogen-bond acceptors (Lipinski definition) is 3. The van der Waals surface area contributed by atoms with E-state index < -0.39 is 0 Å². The predicted octanol–water partition coefficient (Wildman–Crippen LogP) is 4.49. The van der Waals surface area contributed by atoms with E-state index in [2.05, 4.69) is 11.8 Å². The summed E-state index contributed by atoms with van der Waals surface area (Å²) in [6.07, 6.45) is 6.37. The molecule has 5 heteroatoms. The van der Waals surface area contributed by atoms with E-state index in [1.165, 1.54) is 12.8 Å². The number of rotatable bonds is 6. The minimum atomic E-state index is 0.0511. The molecule has 0 radical (unpaired) electrons. The molecule has 0 bridgehead atoms. The van der Waals surface area contributed by atoms with Gasteiger partial charge < -0.3 is 14.5 Å². The van der Waals surface area contributed by atoms with Crippen molar-refractivity contribution in [1.82, 2.24) is 9.80 Å². The summed E-state index contributed by atoms with van der Waals surface area (Å²) in [4.78, 5) is 30.8. The Morgan fingerprint density at radius 1 is 0.968 bits per heavy atom. The Morgan fingerprint density at radius 3 is 2.26 bits per heavy atom. The van der Waals surface area contributed by atoms with Crippen LogP contribution in [0.5, 0.6) is 5.75 Å².